The molecule has 0 unspecified atom stereocenters. The fourth-order valence-electron chi connectivity index (χ4n) is 2.83. The molecule has 1 aliphatic heterocycles. The molecule has 0 atom stereocenters. The van der Waals surface area contributed by atoms with Crippen molar-refractivity contribution in [2.75, 3.05) is 52.6 Å². The van der Waals surface area contributed by atoms with Crippen molar-refractivity contribution in [1.29, 1.82) is 0 Å². The van der Waals surface area contributed by atoms with Crippen molar-refractivity contribution in [1.82, 2.24) is 19.8 Å². The highest BCUT2D eigenvalue weighted by Crippen LogP contribution is 2.11. The van der Waals surface area contributed by atoms with Gasteiger partial charge in [-0.2, -0.15) is 0 Å². The second-order valence-electron chi connectivity index (χ2n) is 6.21. The predicted molar refractivity (Wildman–Crippen MR) is 103 cm³/mol. The van der Waals surface area contributed by atoms with Gasteiger partial charge >= 0.3 is 6.09 Å². The van der Waals surface area contributed by atoms with Crippen LogP contribution in [0.3, 0.4) is 0 Å². The molecular formula is C16H33N5O4S. The van der Waals surface area contributed by atoms with Crippen molar-refractivity contribution in [3.63, 3.8) is 0 Å². The standard InChI is InChI=1S/C16H33N5O4S/c1-5-21(26(4,23)24)11-7-10-18-15(17-3)19-14-8-12-20(13-9-14)16(22)25-6-2/h14H,5-13H2,1-4H3,(H2,17,18,19). The Bertz CT molecular complexity index is 559. The quantitative estimate of drug-likeness (QED) is 0.354. The Kier molecular flexibility index (Phi) is 9.71. The largest absolute Gasteiger partial charge is 0.450 e. The lowest BCUT2D eigenvalue weighted by Gasteiger charge is -2.32. The maximum absolute atomic E-state index is 11.7. The normalized spacial score (nSPS) is 16.7. The summed E-state index contributed by atoms with van der Waals surface area (Å²) in [5.74, 6) is 0.696. The third-order valence-electron chi connectivity index (χ3n) is 4.28. The monoisotopic (exact) mass is 391 g/mol. The van der Waals surface area contributed by atoms with Crippen molar-refractivity contribution < 1.29 is 17.9 Å². The molecule has 1 saturated heterocycles. The minimum absolute atomic E-state index is 0.245. The van der Waals surface area contributed by atoms with E-state index in [4.69, 9.17) is 4.74 Å². The maximum Gasteiger partial charge on any atom is 0.409 e. The Labute approximate surface area is 157 Å². The Morgan fingerprint density at radius 1 is 1.31 bits per heavy atom. The van der Waals surface area contributed by atoms with Gasteiger partial charge < -0.3 is 20.3 Å². The van der Waals surface area contributed by atoms with Gasteiger partial charge in [-0.1, -0.05) is 6.92 Å². The summed E-state index contributed by atoms with van der Waals surface area (Å²) < 4.78 is 29.6. The van der Waals surface area contributed by atoms with E-state index in [1.165, 1.54) is 10.6 Å². The van der Waals surface area contributed by atoms with E-state index >= 15 is 0 Å². The molecule has 0 bridgehead atoms. The minimum atomic E-state index is -3.14. The van der Waals surface area contributed by atoms with Gasteiger partial charge in [-0.25, -0.2) is 17.5 Å². The van der Waals surface area contributed by atoms with E-state index in [-0.39, 0.29) is 12.1 Å². The predicted octanol–water partition coefficient (Wildman–Crippen LogP) is 0.444. The van der Waals surface area contributed by atoms with Gasteiger partial charge in [-0.15, -0.1) is 0 Å². The highest BCUT2D eigenvalue weighted by molar-refractivity contribution is 7.88. The molecule has 1 amide bonds. The number of likely N-dealkylation sites (tertiary alicyclic amines) is 1. The van der Waals surface area contributed by atoms with Crippen molar-refractivity contribution in [3.8, 4) is 0 Å². The van der Waals surface area contributed by atoms with Crippen molar-refractivity contribution in [2.45, 2.75) is 39.2 Å². The molecule has 9 nitrogen and oxygen atoms in total. The first kappa shape index (κ1) is 22.5. The lowest BCUT2D eigenvalue weighted by atomic mass is 10.1. The van der Waals surface area contributed by atoms with Crippen LogP contribution in [-0.2, 0) is 14.8 Å². The molecule has 1 aliphatic rings. The number of hydrogen-bond acceptors (Lipinski definition) is 5. The summed E-state index contributed by atoms with van der Waals surface area (Å²) in [4.78, 5) is 17.6. The molecule has 1 rings (SSSR count). The van der Waals surface area contributed by atoms with Gasteiger partial charge in [0.05, 0.1) is 12.9 Å². The summed E-state index contributed by atoms with van der Waals surface area (Å²) in [7, 11) is -1.44. The number of ether oxygens (including phenoxy) is 1. The van der Waals surface area contributed by atoms with Gasteiger partial charge in [0.1, 0.15) is 0 Å². The summed E-state index contributed by atoms with van der Waals surface area (Å²) in [6.45, 7) is 6.94. The molecule has 0 saturated carbocycles. The molecule has 10 heteroatoms. The number of aliphatic imine (C=N–C) groups is 1. The fourth-order valence-corrected chi connectivity index (χ4v) is 3.76. The van der Waals surface area contributed by atoms with Crippen LogP contribution in [0.1, 0.15) is 33.1 Å². The Morgan fingerprint density at radius 3 is 2.46 bits per heavy atom. The molecular weight excluding hydrogens is 358 g/mol. The molecule has 2 N–H and O–H groups in total. The van der Waals surface area contributed by atoms with E-state index < -0.39 is 10.0 Å². The first-order valence-electron chi connectivity index (χ1n) is 9.15. The molecule has 1 fully saturated rings. The van der Waals surface area contributed by atoms with Crippen LogP contribution in [0.15, 0.2) is 4.99 Å². The number of rotatable bonds is 8. The van der Waals surface area contributed by atoms with E-state index in [0.29, 0.717) is 51.7 Å². The third kappa shape index (κ3) is 7.77. The van der Waals surface area contributed by atoms with E-state index in [0.717, 1.165) is 12.8 Å². The minimum Gasteiger partial charge on any atom is -0.450 e. The number of amides is 1. The smallest absolute Gasteiger partial charge is 0.409 e. The van der Waals surface area contributed by atoms with E-state index in [1.54, 1.807) is 18.9 Å². The van der Waals surface area contributed by atoms with Gasteiger partial charge in [-0.05, 0) is 26.2 Å². The summed E-state index contributed by atoms with van der Waals surface area (Å²) in [6, 6.07) is 0.245. The van der Waals surface area contributed by atoms with Crippen LogP contribution in [0.4, 0.5) is 4.79 Å². The van der Waals surface area contributed by atoms with Gasteiger partial charge in [0.2, 0.25) is 10.0 Å². The highest BCUT2D eigenvalue weighted by Gasteiger charge is 2.24. The van der Waals surface area contributed by atoms with E-state index in [2.05, 4.69) is 15.6 Å². The summed E-state index contributed by atoms with van der Waals surface area (Å²) in [5, 5.41) is 6.57. The molecule has 0 aromatic carbocycles. The zero-order chi connectivity index (χ0) is 19.6. The average Bonchev–Trinajstić information content (AvgIpc) is 2.60. The first-order chi connectivity index (χ1) is 12.3. The number of sulfonamides is 1. The Morgan fingerprint density at radius 2 is 1.96 bits per heavy atom. The van der Waals surface area contributed by atoms with Gasteiger partial charge in [0.15, 0.2) is 5.96 Å². The lowest BCUT2D eigenvalue weighted by Crippen LogP contribution is -2.50. The number of hydrogen-bond donors (Lipinski definition) is 2. The van der Waals surface area contributed by atoms with Crippen LogP contribution in [0, 0.1) is 0 Å². The molecule has 0 radical (unpaired) electrons. The highest BCUT2D eigenvalue weighted by atomic mass is 32.2. The average molecular weight is 392 g/mol. The van der Waals surface area contributed by atoms with Crippen molar-refractivity contribution in [3.05, 3.63) is 0 Å². The van der Waals surface area contributed by atoms with Crippen LogP contribution in [0.5, 0.6) is 0 Å². The number of guanidine groups is 1. The SMILES string of the molecule is CCOC(=O)N1CCC(NC(=NC)NCCCN(CC)S(C)(=O)=O)CC1. The number of nitrogens with one attached hydrogen (secondary N) is 2. The lowest BCUT2D eigenvalue weighted by molar-refractivity contribution is 0.0963. The first-order valence-corrected chi connectivity index (χ1v) is 11.0. The molecule has 1 heterocycles. The van der Waals surface area contributed by atoms with Crippen molar-refractivity contribution in [2.24, 2.45) is 4.99 Å². The van der Waals surface area contributed by atoms with Gasteiger partial charge in [-0.3, -0.25) is 4.99 Å². The summed E-state index contributed by atoms with van der Waals surface area (Å²) in [6.07, 6.45) is 3.34. The van der Waals surface area contributed by atoms with Crippen molar-refractivity contribution >= 4 is 22.1 Å². The van der Waals surface area contributed by atoms with Crippen LogP contribution < -0.4 is 10.6 Å². The molecule has 152 valence electrons. The fraction of sp³-hybridized carbons (Fsp3) is 0.875. The maximum atomic E-state index is 11.7. The van der Waals surface area contributed by atoms with Crippen LogP contribution in [0.25, 0.3) is 0 Å². The van der Waals surface area contributed by atoms with Crippen LogP contribution in [0.2, 0.25) is 0 Å². The number of carbonyl (C=O) groups is 1. The summed E-state index contributed by atoms with van der Waals surface area (Å²) in [5.41, 5.74) is 0. The molecule has 0 aromatic rings. The second-order valence-corrected chi connectivity index (χ2v) is 8.19. The molecule has 0 aromatic heterocycles. The van der Waals surface area contributed by atoms with Crippen LogP contribution >= 0.6 is 0 Å². The van der Waals surface area contributed by atoms with Crippen LogP contribution in [-0.4, -0.2) is 88.4 Å². The molecule has 0 aliphatic carbocycles. The molecule has 0 spiro atoms. The topological polar surface area (TPSA) is 103 Å². The zero-order valence-corrected chi connectivity index (χ0v) is 17.1. The Hall–Kier alpha value is -1.55. The number of carbonyl (C=O) groups excluding carboxylic acids is 1. The van der Waals surface area contributed by atoms with Gasteiger partial charge in [0.25, 0.3) is 0 Å². The Balaban J connectivity index is 2.31. The third-order valence-corrected chi connectivity index (χ3v) is 5.66. The molecule has 26 heavy (non-hydrogen) atoms. The summed E-state index contributed by atoms with van der Waals surface area (Å²) >= 11 is 0. The van der Waals surface area contributed by atoms with Gasteiger partial charge in [0, 0.05) is 45.8 Å². The zero-order valence-electron chi connectivity index (χ0n) is 16.3. The van der Waals surface area contributed by atoms with E-state index in [1.807, 2.05) is 6.92 Å². The van der Waals surface area contributed by atoms with E-state index in [9.17, 15) is 13.2 Å². The second kappa shape index (κ2) is 11.2. The number of nitrogens with zero attached hydrogens (tertiary/aromatic N) is 3. The number of piperidine rings is 1.